The third-order valence-electron chi connectivity index (χ3n) is 0.995. The summed E-state index contributed by atoms with van der Waals surface area (Å²) in [6, 6.07) is 0. The minimum Gasteiger partial charge on any atom is -0.466 e. The van der Waals surface area contributed by atoms with Gasteiger partial charge < -0.3 is 4.74 Å². The molecule has 0 aliphatic heterocycles. The fraction of sp³-hybridized carbons (Fsp3) is 0.857. The molecule has 0 aromatic carbocycles. The molecular weight excluding hydrogens is 135 g/mol. The van der Waals surface area contributed by atoms with E-state index in [1.165, 1.54) is 0 Å². The van der Waals surface area contributed by atoms with Crippen LogP contribution in [0, 0.1) is 0 Å². The highest BCUT2D eigenvalue weighted by molar-refractivity contribution is 5.69. The second-order valence-corrected chi connectivity index (χ2v) is 2.01. The maximum atomic E-state index is 11.4. The number of halogens is 1. The minimum absolute atomic E-state index is 0.218. The molecule has 0 saturated heterocycles. The summed E-state index contributed by atoms with van der Waals surface area (Å²) in [7, 11) is 0. The minimum atomic E-state index is -0.417. The van der Waals surface area contributed by atoms with Crippen LogP contribution in [0.1, 0.15) is 26.2 Å². The maximum absolute atomic E-state index is 11.4. The number of rotatable bonds is 5. The number of carbonyl (C=O) groups is 1. The lowest BCUT2D eigenvalue weighted by Crippen LogP contribution is -2.05. The average molecular weight is 148 g/mol. The standard InChI is InChI=1S/C7H13FO2/c1-2-4-7(9)10-6-3-5-8/h2-6H2,1H3. The summed E-state index contributed by atoms with van der Waals surface area (Å²) in [4.78, 5) is 10.6. The predicted octanol–water partition coefficient (Wildman–Crippen LogP) is 1.69. The van der Waals surface area contributed by atoms with E-state index in [0.717, 1.165) is 6.42 Å². The zero-order valence-corrected chi connectivity index (χ0v) is 6.23. The van der Waals surface area contributed by atoms with E-state index in [1.807, 2.05) is 6.92 Å². The van der Waals surface area contributed by atoms with Crippen molar-refractivity contribution in [2.24, 2.45) is 0 Å². The van der Waals surface area contributed by atoms with Gasteiger partial charge in [-0.25, -0.2) is 0 Å². The molecule has 0 bridgehead atoms. The monoisotopic (exact) mass is 148 g/mol. The molecule has 0 atom stereocenters. The summed E-state index contributed by atoms with van der Waals surface area (Å²) < 4.78 is 16.1. The number of esters is 1. The Bertz CT molecular complexity index is 93.6. The van der Waals surface area contributed by atoms with Crippen molar-refractivity contribution < 1.29 is 13.9 Å². The number of hydrogen-bond acceptors (Lipinski definition) is 2. The van der Waals surface area contributed by atoms with Crippen LogP contribution in [0.4, 0.5) is 4.39 Å². The Morgan fingerprint density at radius 1 is 1.60 bits per heavy atom. The molecule has 0 aliphatic rings. The first kappa shape index (κ1) is 9.40. The molecule has 0 amide bonds. The van der Waals surface area contributed by atoms with E-state index in [0.29, 0.717) is 12.8 Å². The van der Waals surface area contributed by atoms with Gasteiger partial charge in [-0.1, -0.05) is 6.92 Å². The lowest BCUT2D eigenvalue weighted by Gasteiger charge is -1.99. The molecule has 2 nitrogen and oxygen atoms in total. The fourth-order valence-electron chi connectivity index (χ4n) is 0.517. The zero-order valence-electron chi connectivity index (χ0n) is 6.23. The van der Waals surface area contributed by atoms with Gasteiger partial charge in [-0.2, -0.15) is 0 Å². The molecule has 10 heavy (non-hydrogen) atoms. The fourth-order valence-corrected chi connectivity index (χ4v) is 0.517. The van der Waals surface area contributed by atoms with Crippen LogP contribution >= 0.6 is 0 Å². The summed E-state index contributed by atoms with van der Waals surface area (Å²) in [5, 5.41) is 0. The molecular formula is C7H13FO2. The third kappa shape index (κ3) is 5.54. The highest BCUT2D eigenvalue weighted by Crippen LogP contribution is 1.92. The average Bonchev–Trinajstić information content (AvgIpc) is 1.89. The van der Waals surface area contributed by atoms with Crippen molar-refractivity contribution in [1.29, 1.82) is 0 Å². The quantitative estimate of drug-likeness (QED) is 0.438. The normalized spacial score (nSPS) is 9.40. The van der Waals surface area contributed by atoms with Gasteiger partial charge in [-0.05, 0) is 6.42 Å². The summed E-state index contributed by atoms with van der Waals surface area (Å²) in [6.45, 7) is 1.70. The molecule has 0 fully saturated rings. The smallest absolute Gasteiger partial charge is 0.305 e. The highest BCUT2D eigenvalue weighted by Gasteiger charge is 1.98. The van der Waals surface area contributed by atoms with Gasteiger partial charge in [0.15, 0.2) is 0 Å². The highest BCUT2D eigenvalue weighted by atomic mass is 19.1. The zero-order chi connectivity index (χ0) is 7.82. The molecule has 0 aromatic rings. The van der Waals surface area contributed by atoms with Crippen LogP contribution in [-0.2, 0) is 9.53 Å². The largest absolute Gasteiger partial charge is 0.466 e. The second kappa shape index (κ2) is 6.52. The van der Waals surface area contributed by atoms with Crippen molar-refractivity contribution >= 4 is 5.97 Å². The van der Waals surface area contributed by atoms with E-state index in [2.05, 4.69) is 4.74 Å². The van der Waals surface area contributed by atoms with Crippen LogP contribution in [0.25, 0.3) is 0 Å². The number of hydrogen-bond donors (Lipinski definition) is 0. The first-order chi connectivity index (χ1) is 4.81. The van der Waals surface area contributed by atoms with E-state index < -0.39 is 6.67 Å². The summed E-state index contributed by atoms with van der Waals surface area (Å²) in [6.07, 6.45) is 1.54. The Kier molecular flexibility index (Phi) is 6.13. The van der Waals surface area contributed by atoms with E-state index in [-0.39, 0.29) is 12.6 Å². The number of carbonyl (C=O) groups excluding carboxylic acids is 1. The summed E-state index contributed by atoms with van der Waals surface area (Å²) >= 11 is 0. The van der Waals surface area contributed by atoms with Gasteiger partial charge in [-0.15, -0.1) is 0 Å². The second-order valence-electron chi connectivity index (χ2n) is 2.01. The summed E-state index contributed by atoms with van der Waals surface area (Å²) in [5.74, 6) is -0.226. The molecule has 0 aromatic heterocycles. The Balaban J connectivity index is 3.05. The Morgan fingerprint density at radius 2 is 2.30 bits per heavy atom. The van der Waals surface area contributed by atoms with E-state index >= 15 is 0 Å². The van der Waals surface area contributed by atoms with Gasteiger partial charge in [0.25, 0.3) is 0 Å². The number of ether oxygens (including phenoxy) is 1. The van der Waals surface area contributed by atoms with Crippen molar-refractivity contribution in [3.05, 3.63) is 0 Å². The molecule has 3 heteroatoms. The van der Waals surface area contributed by atoms with Gasteiger partial charge in [0, 0.05) is 12.8 Å². The van der Waals surface area contributed by atoms with E-state index in [4.69, 9.17) is 0 Å². The van der Waals surface area contributed by atoms with Crippen LogP contribution in [0.3, 0.4) is 0 Å². The molecule has 0 N–H and O–H groups in total. The van der Waals surface area contributed by atoms with Crippen LogP contribution in [0.5, 0.6) is 0 Å². The van der Waals surface area contributed by atoms with Crippen molar-refractivity contribution in [2.75, 3.05) is 13.3 Å². The first-order valence-electron chi connectivity index (χ1n) is 3.52. The van der Waals surface area contributed by atoms with Gasteiger partial charge >= 0.3 is 5.97 Å². The van der Waals surface area contributed by atoms with E-state index in [9.17, 15) is 9.18 Å². The molecule has 0 heterocycles. The van der Waals surface area contributed by atoms with Crippen LogP contribution in [-0.4, -0.2) is 19.3 Å². The van der Waals surface area contributed by atoms with Crippen molar-refractivity contribution in [3.63, 3.8) is 0 Å². The van der Waals surface area contributed by atoms with Crippen molar-refractivity contribution in [3.8, 4) is 0 Å². The predicted molar refractivity (Wildman–Crippen MR) is 36.5 cm³/mol. The SMILES string of the molecule is CCCC(=O)OCCCF. The maximum Gasteiger partial charge on any atom is 0.305 e. The van der Waals surface area contributed by atoms with Crippen LogP contribution in [0.2, 0.25) is 0 Å². The van der Waals surface area contributed by atoms with E-state index in [1.54, 1.807) is 0 Å². The van der Waals surface area contributed by atoms with Gasteiger partial charge in [0.1, 0.15) is 0 Å². The third-order valence-corrected chi connectivity index (χ3v) is 0.995. The lowest BCUT2D eigenvalue weighted by molar-refractivity contribution is -0.143. The van der Waals surface area contributed by atoms with Crippen LogP contribution < -0.4 is 0 Å². The van der Waals surface area contributed by atoms with Crippen molar-refractivity contribution in [1.82, 2.24) is 0 Å². The Morgan fingerprint density at radius 3 is 2.80 bits per heavy atom. The number of alkyl halides is 1. The topological polar surface area (TPSA) is 26.3 Å². The Labute approximate surface area is 60.4 Å². The Hall–Kier alpha value is -0.600. The summed E-state index contributed by atoms with van der Waals surface area (Å²) in [5.41, 5.74) is 0. The molecule has 0 radical (unpaired) electrons. The van der Waals surface area contributed by atoms with Gasteiger partial charge in [0.2, 0.25) is 0 Å². The molecule has 0 saturated carbocycles. The molecule has 0 rings (SSSR count). The van der Waals surface area contributed by atoms with Gasteiger partial charge in [0.05, 0.1) is 13.3 Å². The van der Waals surface area contributed by atoms with Crippen LogP contribution in [0.15, 0.2) is 0 Å². The molecule has 0 spiro atoms. The molecule has 0 unspecified atom stereocenters. The molecule has 0 aliphatic carbocycles. The van der Waals surface area contributed by atoms with Crippen molar-refractivity contribution in [2.45, 2.75) is 26.2 Å². The van der Waals surface area contributed by atoms with Gasteiger partial charge in [-0.3, -0.25) is 9.18 Å². The molecule has 60 valence electrons. The first-order valence-corrected chi connectivity index (χ1v) is 3.52. The lowest BCUT2D eigenvalue weighted by atomic mass is 10.3.